The maximum Gasteiger partial charge on any atom is 0.162 e. The van der Waals surface area contributed by atoms with Gasteiger partial charge in [0.1, 0.15) is 6.33 Å². The Hall–Kier alpha value is -1.58. The van der Waals surface area contributed by atoms with E-state index in [1.54, 1.807) is 6.33 Å². The van der Waals surface area contributed by atoms with Gasteiger partial charge in [-0.1, -0.05) is 0 Å². The largest absolute Gasteiger partial charge is 0.388 e. The Labute approximate surface area is 63.9 Å². The first kappa shape index (κ1) is 6.15. The number of nitrogens with one attached hydrogen (secondary N) is 1. The molecule has 0 radical (unpaired) electrons. The number of hydrogen-bond acceptors (Lipinski definition) is 3. The third-order valence-corrected chi connectivity index (χ3v) is 1.59. The Balaban J connectivity index is 2.67. The number of anilines is 1. The molecule has 2 aromatic rings. The van der Waals surface area contributed by atoms with Crippen LogP contribution in [0.15, 0.2) is 24.7 Å². The van der Waals surface area contributed by atoms with Gasteiger partial charge in [0, 0.05) is 25.0 Å². The van der Waals surface area contributed by atoms with Crippen LogP contribution in [-0.4, -0.2) is 21.6 Å². The minimum atomic E-state index is 0.858. The Morgan fingerprint density at radius 2 is 2.45 bits per heavy atom. The van der Waals surface area contributed by atoms with E-state index in [0.29, 0.717) is 0 Å². The number of aromatic nitrogens is 3. The molecule has 56 valence electrons. The van der Waals surface area contributed by atoms with Crippen LogP contribution in [0.1, 0.15) is 0 Å². The molecule has 0 fully saturated rings. The molecule has 0 aliphatic rings. The van der Waals surface area contributed by atoms with Gasteiger partial charge in [0.15, 0.2) is 5.65 Å². The monoisotopic (exact) mass is 148 g/mol. The predicted molar refractivity (Wildman–Crippen MR) is 42.5 cm³/mol. The van der Waals surface area contributed by atoms with Gasteiger partial charge in [0.25, 0.3) is 0 Å². The number of fused-ring (bicyclic) bond motifs is 1. The maximum absolute atomic E-state index is 3.90. The molecule has 2 aromatic heterocycles. The van der Waals surface area contributed by atoms with Crippen LogP contribution in [0.3, 0.4) is 0 Å². The molecule has 0 aliphatic carbocycles. The van der Waals surface area contributed by atoms with E-state index in [0.717, 1.165) is 11.3 Å². The average molecular weight is 148 g/mol. The summed E-state index contributed by atoms with van der Waals surface area (Å²) in [7, 11) is 1.88. The first-order valence-corrected chi connectivity index (χ1v) is 3.37. The van der Waals surface area contributed by atoms with Gasteiger partial charge in [0.2, 0.25) is 0 Å². The van der Waals surface area contributed by atoms with E-state index in [1.165, 1.54) is 0 Å². The van der Waals surface area contributed by atoms with Crippen molar-refractivity contribution in [3.8, 4) is 0 Å². The zero-order valence-corrected chi connectivity index (χ0v) is 6.15. The SMILES string of the molecule is CNc1ccn2cnnc2c1. The van der Waals surface area contributed by atoms with Crippen molar-refractivity contribution < 1.29 is 0 Å². The molecule has 4 heteroatoms. The third kappa shape index (κ3) is 0.920. The van der Waals surface area contributed by atoms with Crippen molar-refractivity contribution in [2.24, 2.45) is 0 Å². The second-order valence-corrected chi connectivity index (χ2v) is 2.26. The molecule has 0 amide bonds. The lowest BCUT2D eigenvalue weighted by Crippen LogP contribution is -1.89. The van der Waals surface area contributed by atoms with Gasteiger partial charge < -0.3 is 5.32 Å². The van der Waals surface area contributed by atoms with Gasteiger partial charge in [-0.2, -0.15) is 0 Å². The Bertz CT molecular complexity index is 365. The van der Waals surface area contributed by atoms with Gasteiger partial charge in [-0.25, -0.2) is 0 Å². The van der Waals surface area contributed by atoms with Crippen LogP contribution in [0, 0.1) is 0 Å². The van der Waals surface area contributed by atoms with Crippen LogP contribution in [0.5, 0.6) is 0 Å². The van der Waals surface area contributed by atoms with Gasteiger partial charge in [-0.3, -0.25) is 4.40 Å². The molecule has 1 N–H and O–H groups in total. The van der Waals surface area contributed by atoms with Gasteiger partial charge in [-0.05, 0) is 6.07 Å². The standard InChI is InChI=1S/C7H8N4/c1-8-6-2-3-11-5-9-10-7(11)4-6/h2-5,8H,1H3. The lowest BCUT2D eigenvalue weighted by Gasteiger charge is -1.97. The molecule has 0 saturated carbocycles. The normalized spacial score (nSPS) is 10.3. The highest BCUT2D eigenvalue weighted by molar-refractivity contribution is 5.53. The van der Waals surface area contributed by atoms with Crippen LogP contribution in [0.2, 0.25) is 0 Å². The zero-order valence-electron chi connectivity index (χ0n) is 6.15. The van der Waals surface area contributed by atoms with E-state index >= 15 is 0 Å². The minimum absolute atomic E-state index is 0.858. The van der Waals surface area contributed by atoms with Crippen molar-refractivity contribution in [2.45, 2.75) is 0 Å². The Morgan fingerprint density at radius 3 is 3.27 bits per heavy atom. The Kier molecular flexibility index (Phi) is 1.25. The second kappa shape index (κ2) is 2.23. The van der Waals surface area contributed by atoms with Gasteiger partial charge >= 0.3 is 0 Å². The highest BCUT2D eigenvalue weighted by atomic mass is 15.2. The van der Waals surface area contributed by atoms with Crippen molar-refractivity contribution in [3.05, 3.63) is 24.7 Å². The third-order valence-electron chi connectivity index (χ3n) is 1.59. The minimum Gasteiger partial charge on any atom is -0.388 e. The van der Waals surface area contributed by atoms with Crippen molar-refractivity contribution in [1.82, 2.24) is 14.6 Å². The quantitative estimate of drug-likeness (QED) is 0.649. The lowest BCUT2D eigenvalue weighted by atomic mass is 10.4. The molecular formula is C7H8N4. The number of rotatable bonds is 1. The van der Waals surface area contributed by atoms with Crippen LogP contribution >= 0.6 is 0 Å². The first-order valence-electron chi connectivity index (χ1n) is 3.37. The molecule has 0 atom stereocenters. The van der Waals surface area contributed by atoms with Gasteiger partial charge in [0.05, 0.1) is 0 Å². The van der Waals surface area contributed by atoms with Crippen LogP contribution < -0.4 is 5.32 Å². The molecule has 0 aliphatic heterocycles. The summed E-state index contributed by atoms with van der Waals surface area (Å²) in [5, 5.41) is 10.7. The van der Waals surface area contributed by atoms with E-state index in [-0.39, 0.29) is 0 Å². The van der Waals surface area contributed by atoms with Crippen molar-refractivity contribution in [3.63, 3.8) is 0 Å². The fourth-order valence-corrected chi connectivity index (χ4v) is 0.973. The molecule has 2 heterocycles. The topological polar surface area (TPSA) is 42.2 Å². The van der Waals surface area contributed by atoms with Crippen LogP contribution in [0.4, 0.5) is 5.69 Å². The second-order valence-electron chi connectivity index (χ2n) is 2.26. The summed E-state index contributed by atoms with van der Waals surface area (Å²) in [6.07, 6.45) is 3.59. The van der Waals surface area contributed by atoms with E-state index < -0.39 is 0 Å². The molecule has 0 bridgehead atoms. The Morgan fingerprint density at radius 1 is 1.55 bits per heavy atom. The molecule has 0 aromatic carbocycles. The molecular weight excluding hydrogens is 140 g/mol. The molecule has 0 spiro atoms. The van der Waals surface area contributed by atoms with Gasteiger partial charge in [-0.15, -0.1) is 10.2 Å². The molecule has 2 rings (SSSR count). The van der Waals surface area contributed by atoms with E-state index in [9.17, 15) is 0 Å². The molecule has 11 heavy (non-hydrogen) atoms. The summed E-state index contributed by atoms with van der Waals surface area (Å²) >= 11 is 0. The van der Waals surface area contributed by atoms with Crippen LogP contribution in [0.25, 0.3) is 5.65 Å². The highest BCUT2D eigenvalue weighted by Gasteiger charge is 1.93. The smallest absolute Gasteiger partial charge is 0.162 e. The number of hydrogen-bond donors (Lipinski definition) is 1. The predicted octanol–water partition coefficient (Wildman–Crippen LogP) is 0.771. The molecule has 4 nitrogen and oxygen atoms in total. The molecule has 0 unspecified atom stereocenters. The van der Waals surface area contributed by atoms with E-state index in [1.807, 2.05) is 29.8 Å². The summed E-state index contributed by atoms with van der Waals surface area (Å²) in [5.74, 6) is 0. The van der Waals surface area contributed by atoms with E-state index in [2.05, 4.69) is 15.5 Å². The summed E-state index contributed by atoms with van der Waals surface area (Å²) in [6.45, 7) is 0. The first-order chi connectivity index (χ1) is 5.40. The molecule has 0 saturated heterocycles. The lowest BCUT2D eigenvalue weighted by molar-refractivity contribution is 1.10. The fraction of sp³-hybridized carbons (Fsp3) is 0.143. The van der Waals surface area contributed by atoms with E-state index in [4.69, 9.17) is 0 Å². The van der Waals surface area contributed by atoms with Crippen molar-refractivity contribution >= 4 is 11.3 Å². The average Bonchev–Trinajstić information content (AvgIpc) is 2.50. The van der Waals surface area contributed by atoms with Crippen molar-refractivity contribution in [2.75, 3.05) is 12.4 Å². The fourth-order valence-electron chi connectivity index (χ4n) is 0.973. The summed E-state index contributed by atoms with van der Waals surface area (Å²) in [4.78, 5) is 0. The maximum atomic E-state index is 3.90. The summed E-state index contributed by atoms with van der Waals surface area (Å²) in [5.41, 5.74) is 1.90. The van der Waals surface area contributed by atoms with Crippen LogP contribution in [-0.2, 0) is 0 Å². The number of pyridine rings is 1. The summed E-state index contributed by atoms with van der Waals surface area (Å²) < 4.78 is 1.86. The highest BCUT2D eigenvalue weighted by Crippen LogP contribution is 2.07. The zero-order chi connectivity index (χ0) is 7.68. The van der Waals surface area contributed by atoms with Crippen molar-refractivity contribution in [1.29, 1.82) is 0 Å². The summed E-state index contributed by atoms with van der Waals surface area (Å²) in [6, 6.07) is 3.91. The number of nitrogens with zero attached hydrogens (tertiary/aromatic N) is 3.